The number of aliphatic hydroxyl groups is 1. The van der Waals surface area contributed by atoms with Gasteiger partial charge in [0, 0.05) is 5.56 Å². The minimum absolute atomic E-state index is 0. The first-order valence-electron chi connectivity index (χ1n) is 7.27. The van der Waals surface area contributed by atoms with Crippen molar-refractivity contribution in [2.45, 2.75) is 12.6 Å². The lowest BCUT2D eigenvalue weighted by atomic mass is 10.2. The van der Waals surface area contributed by atoms with Crippen LogP contribution in [-0.4, -0.2) is 42.9 Å². The quantitative estimate of drug-likeness (QED) is 0.710. The van der Waals surface area contributed by atoms with E-state index in [9.17, 15) is 5.11 Å². The maximum Gasteiger partial charge on any atom is 0.137 e. The number of hydrogen-bond acceptors (Lipinski definition) is 2. The van der Waals surface area contributed by atoms with Crippen LogP contribution >= 0.6 is 0 Å². The molecule has 0 spiro atoms. The predicted octanol–water partition coefficient (Wildman–Crippen LogP) is -0.293. The van der Waals surface area contributed by atoms with E-state index >= 15 is 0 Å². The summed E-state index contributed by atoms with van der Waals surface area (Å²) in [5, 5.41) is 10.2. The zero-order valence-corrected chi connectivity index (χ0v) is 13.9. The highest BCUT2D eigenvalue weighted by molar-refractivity contribution is 5.20. The zero-order valence-electron chi connectivity index (χ0n) is 13.2. The Morgan fingerprint density at radius 2 is 1.50 bits per heavy atom. The van der Waals surface area contributed by atoms with Gasteiger partial charge in [-0.1, -0.05) is 48.5 Å². The Labute approximate surface area is 139 Å². The van der Waals surface area contributed by atoms with E-state index in [2.05, 4.69) is 26.2 Å². The van der Waals surface area contributed by atoms with Crippen LogP contribution < -0.4 is 17.1 Å². The summed E-state index contributed by atoms with van der Waals surface area (Å²) < 4.78 is 6.33. The molecule has 0 saturated heterocycles. The molecule has 2 aromatic carbocycles. The molecule has 0 fully saturated rings. The van der Waals surface area contributed by atoms with Crippen molar-refractivity contribution >= 4 is 0 Å². The third-order valence-corrected chi connectivity index (χ3v) is 3.34. The fourth-order valence-electron chi connectivity index (χ4n) is 2.47. The fourth-order valence-corrected chi connectivity index (χ4v) is 2.47. The molecule has 0 aromatic heterocycles. The lowest BCUT2D eigenvalue weighted by molar-refractivity contribution is -0.906. The van der Waals surface area contributed by atoms with Crippen LogP contribution in [0.2, 0.25) is 0 Å². The maximum atomic E-state index is 10.2. The summed E-state index contributed by atoms with van der Waals surface area (Å²) in [6.45, 7) is 1.87. The summed E-state index contributed by atoms with van der Waals surface area (Å²) in [7, 11) is 4.25. The normalized spacial score (nSPS) is 12.3. The van der Waals surface area contributed by atoms with Gasteiger partial charge >= 0.3 is 0 Å². The van der Waals surface area contributed by atoms with E-state index in [1.807, 2.05) is 48.5 Å². The third-order valence-electron chi connectivity index (χ3n) is 3.34. The first kappa shape index (κ1) is 18.5. The van der Waals surface area contributed by atoms with Crippen molar-refractivity contribution in [2.24, 2.45) is 0 Å². The molecule has 0 saturated carbocycles. The second-order valence-electron chi connectivity index (χ2n) is 6.04. The van der Waals surface area contributed by atoms with E-state index < -0.39 is 6.10 Å². The number of ether oxygens (including phenoxy) is 1. The minimum atomic E-state index is -0.482. The largest absolute Gasteiger partial charge is 1.00 e. The van der Waals surface area contributed by atoms with Gasteiger partial charge in [-0.2, -0.15) is 0 Å². The van der Waals surface area contributed by atoms with Gasteiger partial charge in [0.15, 0.2) is 0 Å². The molecule has 0 aliphatic carbocycles. The van der Waals surface area contributed by atoms with Crippen LogP contribution in [0, 0.1) is 0 Å². The number of quaternary nitrogens is 1. The molecule has 1 N–H and O–H groups in total. The second kappa shape index (κ2) is 8.79. The molecule has 0 aliphatic rings. The molecule has 3 nitrogen and oxygen atoms in total. The Bertz CT molecular complexity index is 531. The SMILES string of the molecule is C[N+](C)(Cc1ccccc1)CC(O)COc1ccccc1.[Cl-]. The van der Waals surface area contributed by atoms with Crippen LogP contribution in [0.1, 0.15) is 5.56 Å². The van der Waals surface area contributed by atoms with Gasteiger partial charge in [0.2, 0.25) is 0 Å². The first-order valence-corrected chi connectivity index (χ1v) is 7.27. The smallest absolute Gasteiger partial charge is 0.137 e. The average molecular weight is 322 g/mol. The van der Waals surface area contributed by atoms with Crippen molar-refractivity contribution in [3.05, 3.63) is 66.2 Å². The molecule has 22 heavy (non-hydrogen) atoms. The van der Waals surface area contributed by atoms with Gasteiger partial charge in [0.25, 0.3) is 0 Å². The van der Waals surface area contributed by atoms with Crippen LogP contribution in [0.5, 0.6) is 5.75 Å². The van der Waals surface area contributed by atoms with Crippen molar-refractivity contribution in [3.63, 3.8) is 0 Å². The molecule has 0 radical (unpaired) electrons. The van der Waals surface area contributed by atoms with Crippen molar-refractivity contribution in [1.82, 2.24) is 0 Å². The first-order chi connectivity index (χ1) is 10.1. The maximum absolute atomic E-state index is 10.2. The van der Waals surface area contributed by atoms with Gasteiger partial charge in [-0.05, 0) is 12.1 Å². The second-order valence-corrected chi connectivity index (χ2v) is 6.04. The molecule has 1 unspecified atom stereocenters. The Balaban J connectivity index is 0.00000242. The van der Waals surface area contributed by atoms with Crippen molar-refractivity contribution in [3.8, 4) is 5.75 Å². The van der Waals surface area contributed by atoms with Gasteiger partial charge in [-0.3, -0.25) is 0 Å². The fraction of sp³-hybridized carbons (Fsp3) is 0.333. The molecular formula is C18H24ClNO2. The Morgan fingerprint density at radius 1 is 0.955 bits per heavy atom. The number of rotatable bonds is 7. The van der Waals surface area contributed by atoms with Crippen molar-refractivity contribution in [2.75, 3.05) is 27.2 Å². The lowest BCUT2D eigenvalue weighted by Gasteiger charge is -2.31. The summed E-state index contributed by atoms with van der Waals surface area (Å²) >= 11 is 0. The minimum Gasteiger partial charge on any atom is -1.00 e. The highest BCUT2D eigenvalue weighted by atomic mass is 35.5. The van der Waals surface area contributed by atoms with E-state index in [1.54, 1.807) is 0 Å². The number of aliphatic hydroxyl groups excluding tert-OH is 1. The number of para-hydroxylation sites is 1. The molecule has 0 aliphatic heterocycles. The van der Waals surface area contributed by atoms with Gasteiger partial charge in [-0.25, -0.2) is 0 Å². The van der Waals surface area contributed by atoms with E-state index in [4.69, 9.17) is 4.74 Å². The molecule has 0 heterocycles. The molecule has 2 aromatic rings. The van der Waals surface area contributed by atoms with E-state index in [0.717, 1.165) is 16.8 Å². The highest BCUT2D eigenvalue weighted by Crippen LogP contribution is 2.12. The number of halogens is 1. The summed E-state index contributed by atoms with van der Waals surface area (Å²) in [5.74, 6) is 0.796. The van der Waals surface area contributed by atoms with Gasteiger partial charge in [0.05, 0.1) is 14.1 Å². The Kier molecular flexibility index (Phi) is 7.39. The Hall–Kier alpha value is -1.55. The molecule has 0 amide bonds. The summed E-state index contributed by atoms with van der Waals surface area (Å²) in [6.07, 6.45) is -0.482. The van der Waals surface area contributed by atoms with Crippen molar-refractivity contribution < 1.29 is 26.7 Å². The van der Waals surface area contributed by atoms with Crippen molar-refractivity contribution in [1.29, 1.82) is 0 Å². The van der Waals surface area contributed by atoms with E-state index in [-0.39, 0.29) is 12.4 Å². The van der Waals surface area contributed by atoms with E-state index in [1.165, 1.54) is 5.56 Å². The zero-order chi connectivity index (χ0) is 15.1. The van der Waals surface area contributed by atoms with Gasteiger partial charge < -0.3 is 26.7 Å². The number of likely N-dealkylation sites (N-methyl/N-ethyl adjacent to an activating group) is 1. The summed E-state index contributed by atoms with van der Waals surface area (Å²) in [6, 6.07) is 19.9. The number of benzene rings is 2. The van der Waals surface area contributed by atoms with Gasteiger partial charge in [-0.15, -0.1) is 0 Å². The summed E-state index contributed by atoms with van der Waals surface area (Å²) in [4.78, 5) is 0. The van der Waals surface area contributed by atoms with Crippen LogP contribution in [-0.2, 0) is 6.54 Å². The molecule has 120 valence electrons. The van der Waals surface area contributed by atoms with Crippen LogP contribution in [0.25, 0.3) is 0 Å². The van der Waals surface area contributed by atoms with Crippen LogP contribution in [0.15, 0.2) is 60.7 Å². The number of nitrogens with zero attached hydrogens (tertiary/aromatic N) is 1. The monoisotopic (exact) mass is 321 g/mol. The summed E-state index contributed by atoms with van der Waals surface area (Å²) in [5.41, 5.74) is 1.28. The molecule has 4 heteroatoms. The topological polar surface area (TPSA) is 29.5 Å². The molecular weight excluding hydrogens is 298 g/mol. The molecule has 0 bridgehead atoms. The average Bonchev–Trinajstić information content (AvgIpc) is 2.46. The highest BCUT2D eigenvalue weighted by Gasteiger charge is 2.21. The van der Waals surface area contributed by atoms with E-state index in [0.29, 0.717) is 13.2 Å². The van der Waals surface area contributed by atoms with Gasteiger partial charge in [0.1, 0.15) is 31.5 Å². The standard InChI is InChI=1S/C18H24NO2.ClH/c1-19(2,13-16-9-5-3-6-10-16)14-17(20)15-21-18-11-7-4-8-12-18;/h3-12,17,20H,13-15H2,1-2H3;1H/q+1;/p-1. The predicted molar refractivity (Wildman–Crippen MR) is 85.1 cm³/mol. The van der Waals surface area contributed by atoms with Crippen LogP contribution in [0.4, 0.5) is 0 Å². The third kappa shape index (κ3) is 6.48. The molecule has 1 atom stereocenters. The number of hydrogen-bond donors (Lipinski definition) is 1. The lowest BCUT2D eigenvalue weighted by Crippen LogP contribution is -3.00. The molecule has 2 rings (SSSR count). The van der Waals surface area contributed by atoms with Crippen LogP contribution in [0.3, 0.4) is 0 Å². The Morgan fingerprint density at radius 3 is 2.09 bits per heavy atom.